The molecule has 0 saturated carbocycles. The lowest BCUT2D eigenvalue weighted by atomic mass is 10.1. The molecule has 0 aliphatic carbocycles. The molecule has 0 unspecified atom stereocenters. The normalized spacial score (nSPS) is 11.0. The molecule has 3 aromatic rings. The second-order valence-corrected chi connectivity index (χ2v) is 5.94. The number of nitrogens with zero attached hydrogens (tertiary/aromatic N) is 1. The van der Waals surface area contributed by atoms with Gasteiger partial charge in [-0.05, 0) is 41.8 Å². The summed E-state index contributed by atoms with van der Waals surface area (Å²) in [7, 11) is 0. The lowest BCUT2D eigenvalue weighted by molar-refractivity contribution is -0.137. The quantitative estimate of drug-likeness (QED) is 0.684. The number of halogens is 3. The molecule has 2 aromatic heterocycles. The Labute approximate surface area is 144 Å². The number of alkyl halides is 3. The van der Waals surface area contributed by atoms with Gasteiger partial charge in [0.25, 0.3) is 5.91 Å². The van der Waals surface area contributed by atoms with Crippen molar-refractivity contribution in [1.82, 2.24) is 10.2 Å². The molecular weight excluding hydrogens is 351 g/mol. The van der Waals surface area contributed by atoms with Gasteiger partial charge in [0, 0.05) is 11.1 Å². The van der Waals surface area contributed by atoms with Gasteiger partial charge < -0.3 is 5.73 Å². The fraction of sp³-hybridized carbons (Fsp3) is 0.0588. The summed E-state index contributed by atoms with van der Waals surface area (Å²) < 4.78 is 37.7. The molecule has 1 aromatic carbocycles. The molecule has 4 nitrogen and oxygen atoms in total. The zero-order chi connectivity index (χ0) is 18.0. The smallest absolute Gasteiger partial charge is 0.364 e. The summed E-state index contributed by atoms with van der Waals surface area (Å²) in [6.45, 7) is 0. The van der Waals surface area contributed by atoms with Gasteiger partial charge in [0.1, 0.15) is 5.69 Å². The number of amides is 1. The third-order valence-electron chi connectivity index (χ3n) is 3.29. The Bertz CT molecular complexity index is 975. The number of carbonyl (C=O) groups excluding carboxylic acids is 1. The number of nitrogens with one attached hydrogen (secondary N) is 1. The van der Waals surface area contributed by atoms with Crippen LogP contribution < -0.4 is 5.73 Å². The maximum absolute atomic E-state index is 12.6. The van der Waals surface area contributed by atoms with E-state index in [0.29, 0.717) is 16.8 Å². The van der Waals surface area contributed by atoms with Crippen LogP contribution in [0.15, 0.2) is 41.8 Å². The topological polar surface area (TPSA) is 71.8 Å². The van der Waals surface area contributed by atoms with Crippen molar-refractivity contribution in [3.8, 4) is 22.4 Å². The molecule has 0 aliphatic heterocycles. The lowest BCUT2D eigenvalue weighted by Gasteiger charge is -2.05. The van der Waals surface area contributed by atoms with Gasteiger partial charge in [-0.25, -0.2) is 0 Å². The van der Waals surface area contributed by atoms with Gasteiger partial charge in [0.15, 0.2) is 0 Å². The Kier molecular flexibility index (Phi) is 4.33. The minimum atomic E-state index is -4.37. The van der Waals surface area contributed by atoms with Crippen LogP contribution in [0.3, 0.4) is 0 Å². The van der Waals surface area contributed by atoms with E-state index in [0.717, 1.165) is 17.0 Å². The Morgan fingerprint density at radius 3 is 2.48 bits per heavy atom. The van der Waals surface area contributed by atoms with E-state index in [1.54, 1.807) is 6.07 Å². The molecule has 1 amide bonds. The van der Waals surface area contributed by atoms with Crippen LogP contribution in [-0.4, -0.2) is 16.1 Å². The minimum absolute atomic E-state index is 0.116. The summed E-state index contributed by atoms with van der Waals surface area (Å²) in [4.78, 5) is 11.9. The zero-order valence-electron chi connectivity index (χ0n) is 12.5. The molecule has 126 valence electrons. The predicted octanol–water partition coefficient (Wildman–Crippen LogP) is 3.66. The number of aromatic nitrogens is 2. The number of hydrogen-bond acceptors (Lipinski definition) is 3. The maximum Gasteiger partial charge on any atom is 0.416 e. The van der Waals surface area contributed by atoms with E-state index < -0.39 is 17.6 Å². The van der Waals surface area contributed by atoms with Gasteiger partial charge in [-0.15, -0.1) is 11.3 Å². The van der Waals surface area contributed by atoms with Crippen molar-refractivity contribution in [2.45, 2.75) is 6.18 Å². The van der Waals surface area contributed by atoms with Crippen molar-refractivity contribution in [1.29, 1.82) is 0 Å². The Balaban J connectivity index is 1.87. The summed E-state index contributed by atoms with van der Waals surface area (Å²) in [5.74, 6) is 5.11. The number of benzene rings is 1. The molecule has 8 heteroatoms. The Morgan fingerprint density at radius 2 is 1.88 bits per heavy atom. The van der Waals surface area contributed by atoms with E-state index in [1.165, 1.54) is 29.5 Å². The molecule has 3 N–H and O–H groups in total. The highest BCUT2D eigenvalue weighted by molar-refractivity contribution is 7.13. The van der Waals surface area contributed by atoms with E-state index >= 15 is 0 Å². The average molecular weight is 361 g/mol. The third kappa shape index (κ3) is 3.72. The molecule has 0 aliphatic rings. The van der Waals surface area contributed by atoms with Gasteiger partial charge in [0.05, 0.1) is 16.1 Å². The highest BCUT2D eigenvalue weighted by atomic mass is 32.1. The summed E-state index contributed by atoms with van der Waals surface area (Å²) in [5.41, 5.74) is 6.30. The average Bonchev–Trinajstić information content (AvgIpc) is 3.21. The molecule has 0 saturated heterocycles. The molecule has 0 bridgehead atoms. The highest BCUT2D eigenvalue weighted by Gasteiger charge is 2.29. The second kappa shape index (κ2) is 6.45. The van der Waals surface area contributed by atoms with Crippen LogP contribution in [0.1, 0.15) is 27.2 Å². The monoisotopic (exact) mass is 361 g/mol. The van der Waals surface area contributed by atoms with Gasteiger partial charge in [-0.1, -0.05) is 11.8 Å². The molecule has 0 radical (unpaired) electrons. The molecule has 0 fully saturated rings. The molecule has 3 rings (SSSR count). The van der Waals surface area contributed by atoms with Crippen LogP contribution in [-0.2, 0) is 6.18 Å². The van der Waals surface area contributed by atoms with E-state index in [4.69, 9.17) is 5.73 Å². The van der Waals surface area contributed by atoms with Gasteiger partial charge in [-0.2, -0.15) is 18.3 Å². The molecule has 0 atom stereocenters. The number of carbonyl (C=O) groups is 1. The van der Waals surface area contributed by atoms with E-state index in [2.05, 4.69) is 22.0 Å². The standard InChI is InChI=1S/C17H10F3N3OS/c18-17(19,20)12-5-2-10(3-6-12)1-4-11-7-8-25-15(11)13-9-14(16(21)24)23-22-13/h2-3,5-9H,(H2,21,24)(H,22,23). The summed E-state index contributed by atoms with van der Waals surface area (Å²) in [6.07, 6.45) is -4.37. The number of thiophene rings is 1. The molecule has 25 heavy (non-hydrogen) atoms. The van der Waals surface area contributed by atoms with E-state index in [-0.39, 0.29) is 5.69 Å². The second-order valence-electron chi connectivity index (χ2n) is 5.02. The van der Waals surface area contributed by atoms with Crippen molar-refractivity contribution in [3.63, 3.8) is 0 Å². The number of primary amides is 1. The number of nitrogens with two attached hydrogens (primary N) is 1. The minimum Gasteiger partial charge on any atom is -0.364 e. The molecular formula is C17H10F3N3OS. The fourth-order valence-electron chi connectivity index (χ4n) is 2.06. The Hall–Kier alpha value is -3.05. The summed E-state index contributed by atoms with van der Waals surface area (Å²) in [5, 5.41) is 8.35. The first-order valence-electron chi connectivity index (χ1n) is 6.97. The molecule has 2 heterocycles. The van der Waals surface area contributed by atoms with Crippen LogP contribution in [0, 0.1) is 11.8 Å². The van der Waals surface area contributed by atoms with Crippen LogP contribution in [0.4, 0.5) is 13.2 Å². The van der Waals surface area contributed by atoms with Crippen molar-refractivity contribution < 1.29 is 18.0 Å². The van der Waals surface area contributed by atoms with Crippen molar-refractivity contribution in [2.24, 2.45) is 5.73 Å². The van der Waals surface area contributed by atoms with Crippen LogP contribution in [0.2, 0.25) is 0 Å². The van der Waals surface area contributed by atoms with Gasteiger partial charge >= 0.3 is 6.18 Å². The number of H-pyrrole nitrogens is 1. The Morgan fingerprint density at radius 1 is 1.16 bits per heavy atom. The lowest BCUT2D eigenvalue weighted by Crippen LogP contribution is -2.10. The molecule has 0 spiro atoms. The SMILES string of the molecule is NC(=O)c1cc(-c2sccc2C#Cc2ccc(C(F)(F)F)cc2)[nH]n1. The van der Waals surface area contributed by atoms with Crippen LogP contribution in [0.25, 0.3) is 10.6 Å². The predicted molar refractivity (Wildman–Crippen MR) is 87.8 cm³/mol. The maximum atomic E-state index is 12.6. The van der Waals surface area contributed by atoms with Crippen molar-refractivity contribution in [3.05, 3.63) is 64.2 Å². The number of hydrogen-bond donors (Lipinski definition) is 2. The fourth-order valence-corrected chi connectivity index (χ4v) is 2.88. The summed E-state index contributed by atoms with van der Waals surface area (Å²) in [6, 6.07) is 7.94. The van der Waals surface area contributed by atoms with E-state index in [9.17, 15) is 18.0 Å². The third-order valence-corrected chi connectivity index (χ3v) is 4.24. The number of aromatic amines is 1. The van der Waals surface area contributed by atoms with Gasteiger partial charge in [0.2, 0.25) is 0 Å². The largest absolute Gasteiger partial charge is 0.416 e. The van der Waals surface area contributed by atoms with E-state index in [1.807, 2.05) is 5.38 Å². The summed E-state index contributed by atoms with van der Waals surface area (Å²) >= 11 is 1.39. The van der Waals surface area contributed by atoms with Crippen molar-refractivity contribution >= 4 is 17.2 Å². The van der Waals surface area contributed by atoms with Crippen LogP contribution in [0.5, 0.6) is 0 Å². The first kappa shape index (κ1) is 16.8. The highest BCUT2D eigenvalue weighted by Crippen LogP contribution is 2.29. The van der Waals surface area contributed by atoms with Gasteiger partial charge in [-0.3, -0.25) is 9.89 Å². The number of rotatable bonds is 2. The van der Waals surface area contributed by atoms with Crippen molar-refractivity contribution in [2.75, 3.05) is 0 Å². The van der Waals surface area contributed by atoms with Crippen LogP contribution >= 0.6 is 11.3 Å². The first-order chi connectivity index (χ1) is 11.8. The zero-order valence-corrected chi connectivity index (χ0v) is 13.3. The first-order valence-corrected chi connectivity index (χ1v) is 7.85.